The van der Waals surface area contributed by atoms with E-state index in [2.05, 4.69) is 27.0 Å². The number of amides is 2. The molecule has 4 rings (SSSR count). The molecule has 0 saturated carbocycles. The van der Waals surface area contributed by atoms with Crippen molar-refractivity contribution in [1.29, 1.82) is 5.26 Å². The van der Waals surface area contributed by atoms with Crippen molar-refractivity contribution in [3.05, 3.63) is 83.2 Å². The number of halogens is 1. The van der Waals surface area contributed by atoms with Crippen LogP contribution in [0.1, 0.15) is 27.9 Å². The van der Waals surface area contributed by atoms with Gasteiger partial charge in [0.15, 0.2) is 0 Å². The molecule has 202 valence electrons. The van der Waals surface area contributed by atoms with Crippen LogP contribution in [-0.2, 0) is 11.2 Å². The van der Waals surface area contributed by atoms with Crippen LogP contribution >= 0.6 is 0 Å². The Morgan fingerprint density at radius 1 is 1.21 bits per heavy atom. The van der Waals surface area contributed by atoms with Crippen LogP contribution in [0.5, 0.6) is 0 Å². The van der Waals surface area contributed by atoms with Crippen molar-refractivity contribution in [3.8, 4) is 17.3 Å². The Hall–Kier alpha value is -4.33. The topological polar surface area (TPSA) is 136 Å². The number of pyridine rings is 1. The van der Waals surface area contributed by atoms with E-state index >= 15 is 0 Å². The molecule has 1 fully saturated rings. The number of nitriles is 1. The monoisotopic (exact) mass is 529 g/mol. The minimum atomic E-state index is -0.343. The van der Waals surface area contributed by atoms with Gasteiger partial charge in [-0.2, -0.15) is 5.26 Å². The summed E-state index contributed by atoms with van der Waals surface area (Å²) in [5, 5.41) is 18.6. The summed E-state index contributed by atoms with van der Waals surface area (Å²) in [5.74, 6) is -0.382. The van der Waals surface area contributed by atoms with Crippen LogP contribution < -0.4 is 21.7 Å². The molecule has 39 heavy (non-hydrogen) atoms. The van der Waals surface area contributed by atoms with Gasteiger partial charge in [-0.05, 0) is 61.8 Å². The molecule has 2 amide bonds. The van der Waals surface area contributed by atoms with Crippen molar-refractivity contribution in [2.75, 3.05) is 44.6 Å². The van der Waals surface area contributed by atoms with Gasteiger partial charge in [-0.1, -0.05) is 30.3 Å². The maximum atomic E-state index is 13.6. The van der Waals surface area contributed by atoms with E-state index in [0.717, 1.165) is 18.5 Å². The fourth-order valence-corrected chi connectivity index (χ4v) is 4.56. The molecular weight excluding hydrogens is 497 g/mol. The standard InChI is InChI=1S/C29H32FN7O2/c30-22-7-3-5-20(15-22)11-13-33-28-25(9-10-26(36-28)24-8-2-1-6-21(24)16-32)29(39)34-17-23-18-37(14-4-12-31)19-27(38)35-23/h1-3,5-10,15,23H,4,11-14,17-19,31H2,(H,33,36)(H,34,39)(H,35,38)/t23-/m1/s1. The number of carbonyl (C=O) groups excluding carboxylic acids is 2. The molecule has 1 aliphatic heterocycles. The van der Waals surface area contributed by atoms with Gasteiger partial charge >= 0.3 is 0 Å². The molecule has 10 heteroatoms. The van der Waals surface area contributed by atoms with Crippen LogP contribution in [0.3, 0.4) is 0 Å². The number of aromatic nitrogens is 1. The molecule has 2 heterocycles. The zero-order valence-electron chi connectivity index (χ0n) is 21.6. The molecule has 0 radical (unpaired) electrons. The number of hydrogen-bond donors (Lipinski definition) is 4. The minimum Gasteiger partial charge on any atom is -0.369 e. The number of rotatable bonds is 11. The quantitative estimate of drug-likeness (QED) is 0.299. The number of nitrogens with one attached hydrogen (secondary N) is 3. The highest BCUT2D eigenvalue weighted by Gasteiger charge is 2.25. The van der Waals surface area contributed by atoms with Gasteiger partial charge in [0.25, 0.3) is 5.91 Å². The van der Waals surface area contributed by atoms with E-state index in [4.69, 9.17) is 5.73 Å². The van der Waals surface area contributed by atoms with Crippen LogP contribution in [0.4, 0.5) is 10.2 Å². The molecule has 1 saturated heterocycles. The molecule has 3 aromatic rings. The third kappa shape index (κ3) is 7.60. The van der Waals surface area contributed by atoms with Crippen LogP contribution in [0, 0.1) is 17.1 Å². The first-order valence-corrected chi connectivity index (χ1v) is 13.0. The summed E-state index contributed by atoms with van der Waals surface area (Å²) in [5.41, 5.74) is 8.42. The maximum Gasteiger partial charge on any atom is 0.255 e. The Morgan fingerprint density at radius 3 is 2.85 bits per heavy atom. The summed E-state index contributed by atoms with van der Waals surface area (Å²) in [7, 11) is 0. The number of hydrogen-bond acceptors (Lipinski definition) is 7. The second-order valence-electron chi connectivity index (χ2n) is 9.41. The van der Waals surface area contributed by atoms with Crippen molar-refractivity contribution in [2.45, 2.75) is 18.9 Å². The van der Waals surface area contributed by atoms with Crippen LogP contribution in [-0.4, -0.2) is 67.0 Å². The van der Waals surface area contributed by atoms with Crippen molar-refractivity contribution < 1.29 is 14.0 Å². The first-order chi connectivity index (χ1) is 19.0. The van der Waals surface area contributed by atoms with E-state index < -0.39 is 0 Å². The van der Waals surface area contributed by atoms with Gasteiger partial charge in [0.05, 0.1) is 35.5 Å². The van der Waals surface area contributed by atoms with E-state index in [-0.39, 0.29) is 30.2 Å². The highest BCUT2D eigenvalue weighted by molar-refractivity contribution is 5.99. The second kappa shape index (κ2) is 13.5. The minimum absolute atomic E-state index is 0.0839. The van der Waals surface area contributed by atoms with E-state index in [1.165, 1.54) is 12.1 Å². The predicted molar refractivity (Wildman–Crippen MR) is 147 cm³/mol. The lowest BCUT2D eigenvalue weighted by Crippen LogP contribution is -2.57. The molecule has 1 aliphatic rings. The van der Waals surface area contributed by atoms with Crippen molar-refractivity contribution >= 4 is 17.6 Å². The number of piperazine rings is 1. The molecule has 1 atom stereocenters. The fourth-order valence-electron chi connectivity index (χ4n) is 4.56. The van der Waals surface area contributed by atoms with Gasteiger partial charge < -0.3 is 21.7 Å². The molecule has 2 aromatic carbocycles. The lowest BCUT2D eigenvalue weighted by molar-refractivity contribution is -0.125. The van der Waals surface area contributed by atoms with Crippen LogP contribution in [0.15, 0.2) is 60.7 Å². The summed E-state index contributed by atoms with van der Waals surface area (Å²) in [6.07, 6.45) is 1.32. The SMILES string of the molecule is N#Cc1ccccc1-c1ccc(C(=O)NC[C@@H]2CN(CCCN)CC(=O)N2)c(NCCc2cccc(F)c2)n1. The number of nitrogens with two attached hydrogens (primary N) is 1. The molecule has 0 unspecified atom stereocenters. The number of anilines is 1. The zero-order valence-corrected chi connectivity index (χ0v) is 21.6. The van der Waals surface area contributed by atoms with Crippen molar-refractivity contribution in [1.82, 2.24) is 20.5 Å². The smallest absolute Gasteiger partial charge is 0.255 e. The summed E-state index contributed by atoms with van der Waals surface area (Å²) in [6, 6.07) is 18.8. The van der Waals surface area contributed by atoms with Gasteiger partial charge in [0, 0.05) is 25.2 Å². The Kier molecular flexibility index (Phi) is 9.56. The van der Waals surface area contributed by atoms with Gasteiger partial charge in [0.2, 0.25) is 5.91 Å². The Morgan fingerprint density at radius 2 is 2.05 bits per heavy atom. The van der Waals surface area contributed by atoms with Gasteiger partial charge in [-0.25, -0.2) is 9.37 Å². The lowest BCUT2D eigenvalue weighted by atomic mass is 10.0. The summed E-state index contributed by atoms with van der Waals surface area (Å²) < 4.78 is 13.6. The second-order valence-corrected chi connectivity index (χ2v) is 9.41. The van der Waals surface area contributed by atoms with Crippen molar-refractivity contribution in [3.63, 3.8) is 0 Å². The molecule has 0 bridgehead atoms. The highest BCUT2D eigenvalue weighted by atomic mass is 19.1. The van der Waals surface area contributed by atoms with E-state index in [0.29, 0.717) is 60.8 Å². The third-order valence-electron chi connectivity index (χ3n) is 6.46. The molecular formula is C29H32FN7O2. The summed E-state index contributed by atoms with van der Waals surface area (Å²) >= 11 is 0. The largest absolute Gasteiger partial charge is 0.369 e. The van der Waals surface area contributed by atoms with Crippen LogP contribution in [0.25, 0.3) is 11.3 Å². The van der Waals surface area contributed by atoms with Gasteiger partial charge in [-0.15, -0.1) is 0 Å². The fraction of sp³-hybridized carbons (Fsp3) is 0.310. The first kappa shape index (κ1) is 27.7. The molecule has 0 spiro atoms. The third-order valence-corrected chi connectivity index (χ3v) is 6.46. The van der Waals surface area contributed by atoms with E-state index in [9.17, 15) is 19.2 Å². The maximum absolute atomic E-state index is 13.6. The zero-order chi connectivity index (χ0) is 27.6. The Bertz CT molecular complexity index is 1360. The normalized spacial score (nSPS) is 15.3. The van der Waals surface area contributed by atoms with Crippen molar-refractivity contribution in [2.24, 2.45) is 5.73 Å². The predicted octanol–water partition coefficient (Wildman–Crippen LogP) is 2.29. The van der Waals surface area contributed by atoms with E-state index in [1.807, 2.05) is 17.0 Å². The molecule has 9 nitrogen and oxygen atoms in total. The van der Waals surface area contributed by atoms with Gasteiger partial charge in [0.1, 0.15) is 11.6 Å². The molecule has 5 N–H and O–H groups in total. The lowest BCUT2D eigenvalue weighted by Gasteiger charge is -2.33. The number of carbonyl (C=O) groups is 2. The van der Waals surface area contributed by atoms with Crippen LogP contribution in [0.2, 0.25) is 0 Å². The number of nitrogens with zero attached hydrogens (tertiary/aromatic N) is 3. The number of benzene rings is 2. The van der Waals surface area contributed by atoms with Gasteiger partial charge in [-0.3, -0.25) is 14.5 Å². The summed E-state index contributed by atoms with van der Waals surface area (Å²) in [4.78, 5) is 32.1. The Balaban J connectivity index is 1.50. The van der Waals surface area contributed by atoms with E-state index in [1.54, 1.807) is 36.4 Å². The Labute approximate surface area is 227 Å². The average Bonchev–Trinajstić information content (AvgIpc) is 2.94. The molecule has 1 aromatic heterocycles. The average molecular weight is 530 g/mol. The summed E-state index contributed by atoms with van der Waals surface area (Å²) in [6.45, 7) is 2.88. The highest BCUT2D eigenvalue weighted by Crippen LogP contribution is 2.25. The first-order valence-electron chi connectivity index (χ1n) is 13.0. The molecule has 0 aliphatic carbocycles.